The molecular formula is C15H24N2. The summed E-state index contributed by atoms with van der Waals surface area (Å²) in [5, 5.41) is 3.53. The lowest BCUT2D eigenvalue weighted by Gasteiger charge is -2.21. The fourth-order valence-corrected chi connectivity index (χ4v) is 2.51. The number of hydrogen-bond acceptors (Lipinski definition) is 2. The maximum Gasteiger partial charge on any atom is 0.0419 e. The predicted molar refractivity (Wildman–Crippen MR) is 74.5 cm³/mol. The van der Waals surface area contributed by atoms with E-state index in [1.54, 1.807) is 0 Å². The van der Waals surface area contributed by atoms with Gasteiger partial charge in [0, 0.05) is 18.8 Å². The highest BCUT2D eigenvalue weighted by atomic mass is 15.1. The first-order valence-electron chi connectivity index (χ1n) is 6.92. The number of rotatable bonds is 6. The van der Waals surface area contributed by atoms with Crippen molar-refractivity contribution in [1.82, 2.24) is 4.90 Å². The number of hydrogen-bond donors (Lipinski definition) is 1. The van der Waals surface area contributed by atoms with Gasteiger partial charge in [0.05, 0.1) is 0 Å². The van der Waals surface area contributed by atoms with Gasteiger partial charge in [-0.05, 0) is 37.1 Å². The molecule has 2 nitrogen and oxygen atoms in total. The molecule has 1 aromatic carbocycles. The Balaban J connectivity index is 2.04. The van der Waals surface area contributed by atoms with Crippen LogP contribution in [0.25, 0.3) is 0 Å². The van der Waals surface area contributed by atoms with Crippen molar-refractivity contribution in [3.63, 3.8) is 0 Å². The zero-order chi connectivity index (χ0) is 12.1. The summed E-state index contributed by atoms with van der Waals surface area (Å²) in [5.41, 5.74) is 4.37. The van der Waals surface area contributed by atoms with Crippen LogP contribution in [0.5, 0.6) is 0 Å². The minimum atomic E-state index is 1.09. The zero-order valence-corrected chi connectivity index (χ0v) is 11.1. The summed E-state index contributed by atoms with van der Waals surface area (Å²) in [4.78, 5) is 2.54. The van der Waals surface area contributed by atoms with Crippen molar-refractivity contribution in [3.05, 3.63) is 29.3 Å². The Hall–Kier alpha value is -1.02. The number of anilines is 1. The van der Waals surface area contributed by atoms with E-state index in [1.807, 2.05) is 0 Å². The van der Waals surface area contributed by atoms with Crippen LogP contribution >= 0.6 is 0 Å². The summed E-state index contributed by atoms with van der Waals surface area (Å²) in [6, 6.07) is 6.72. The van der Waals surface area contributed by atoms with Crippen LogP contribution in [0.4, 0.5) is 5.69 Å². The Kier molecular flexibility index (Phi) is 4.43. The molecule has 1 N–H and O–H groups in total. The molecule has 1 aromatic rings. The van der Waals surface area contributed by atoms with Crippen molar-refractivity contribution < 1.29 is 0 Å². The van der Waals surface area contributed by atoms with Crippen molar-refractivity contribution in [3.8, 4) is 0 Å². The average molecular weight is 232 g/mol. The molecule has 17 heavy (non-hydrogen) atoms. The SMILES string of the molecule is CCCCN(CC)Cc1cccc2c1NCC2. The molecule has 1 aliphatic rings. The topological polar surface area (TPSA) is 15.3 Å². The van der Waals surface area contributed by atoms with Crippen LogP contribution in [0.15, 0.2) is 18.2 Å². The van der Waals surface area contributed by atoms with Gasteiger partial charge in [-0.2, -0.15) is 0 Å². The molecule has 0 fully saturated rings. The first kappa shape index (κ1) is 12.4. The van der Waals surface area contributed by atoms with E-state index in [0.29, 0.717) is 0 Å². The molecule has 94 valence electrons. The quantitative estimate of drug-likeness (QED) is 0.809. The summed E-state index contributed by atoms with van der Waals surface area (Å²) in [6.07, 6.45) is 3.77. The number of unbranched alkanes of at least 4 members (excludes halogenated alkanes) is 1. The summed E-state index contributed by atoms with van der Waals surface area (Å²) in [5.74, 6) is 0. The smallest absolute Gasteiger partial charge is 0.0419 e. The van der Waals surface area contributed by atoms with E-state index in [9.17, 15) is 0 Å². The highest BCUT2D eigenvalue weighted by molar-refractivity contribution is 5.61. The second-order valence-corrected chi connectivity index (χ2v) is 4.85. The van der Waals surface area contributed by atoms with E-state index < -0.39 is 0 Å². The second-order valence-electron chi connectivity index (χ2n) is 4.85. The number of para-hydroxylation sites is 1. The molecular weight excluding hydrogens is 208 g/mol. The highest BCUT2D eigenvalue weighted by Gasteiger charge is 2.14. The van der Waals surface area contributed by atoms with Gasteiger partial charge in [-0.25, -0.2) is 0 Å². The van der Waals surface area contributed by atoms with Gasteiger partial charge >= 0.3 is 0 Å². The first-order chi connectivity index (χ1) is 8.35. The van der Waals surface area contributed by atoms with E-state index in [0.717, 1.165) is 19.6 Å². The summed E-state index contributed by atoms with van der Waals surface area (Å²) < 4.78 is 0. The monoisotopic (exact) mass is 232 g/mol. The van der Waals surface area contributed by atoms with Gasteiger partial charge in [-0.15, -0.1) is 0 Å². The molecule has 0 unspecified atom stereocenters. The fraction of sp³-hybridized carbons (Fsp3) is 0.600. The third kappa shape index (κ3) is 3.01. The van der Waals surface area contributed by atoms with Crippen LogP contribution in [0.1, 0.15) is 37.8 Å². The largest absolute Gasteiger partial charge is 0.384 e. The number of benzene rings is 1. The van der Waals surface area contributed by atoms with E-state index in [4.69, 9.17) is 0 Å². The van der Waals surface area contributed by atoms with Gasteiger partial charge in [0.1, 0.15) is 0 Å². The Morgan fingerprint density at radius 1 is 1.29 bits per heavy atom. The first-order valence-corrected chi connectivity index (χ1v) is 6.92. The highest BCUT2D eigenvalue weighted by Crippen LogP contribution is 2.27. The molecule has 0 aliphatic carbocycles. The van der Waals surface area contributed by atoms with Gasteiger partial charge in [-0.3, -0.25) is 4.90 Å². The minimum absolute atomic E-state index is 1.09. The van der Waals surface area contributed by atoms with E-state index in [-0.39, 0.29) is 0 Å². The van der Waals surface area contributed by atoms with Crippen molar-refractivity contribution >= 4 is 5.69 Å². The summed E-state index contributed by atoms with van der Waals surface area (Å²) in [7, 11) is 0. The van der Waals surface area contributed by atoms with Crippen LogP contribution < -0.4 is 5.32 Å². The van der Waals surface area contributed by atoms with Gasteiger partial charge in [0.25, 0.3) is 0 Å². The van der Waals surface area contributed by atoms with E-state index in [2.05, 4.69) is 42.3 Å². The van der Waals surface area contributed by atoms with Crippen LogP contribution in [0, 0.1) is 0 Å². The lowest BCUT2D eigenvalue weighted by Crippen LogP contribution is -2.24. The van der Waals surface area contributed by atoms with Crippen LogP contribution in [0.2, 0.25) is 0 Å². The van der Waals surface area contributed by atoms with Crippen LogP contribution in [0.3, 0.4) is 0 Å². The standard InChI is InChI=1S/C15H24N2/c1-3-5-11-17(4-2)12-14-8-6-7-13-9-10-16-15(13)14/h6-8,16H,3-5,9-12H2,1-2H3. The molecule has 0 radical (unpaired) electrons. The van der Waals surface area contributed by atoms with Crippen molar-refractivity contribution in [2.24, 2.45) is 0 Å². The molecule has 0 aromatic heterocycles. The van der Waals surface area contributed by atoms with Crippen LogP contribution in [-0.2, 0) is 13.0 Å². The Morgan fingerprint density at radius 3 is 2.94 bits per heavy atom. The van der Waals surface area contributed by atoms with Crippen LogP contribution in [-0.4, -0.2) is 24.5 Å². The molecule has 0 saturated carbocycles. The Morgan fingerprint density at radius 2 is 2.18 bits per heavy atom. The van der Waals surface area contributed by atoms with E-state index in [1.165, 1.54) is 42.6 Å². The number of fused-ring (bicyclic) bond motifs is 1. The molecule has 1 aliphatic heterocycles. The molecule has 0 saturated heterocycles. The number of nitrogens with zero attached hydrogens (tertiary/aromatic N) is 1. The predicted octanol–water partition coefficient (Wildman–Crippen LogP) is 3.28. The lowest BCUT2D eigenvalue weighted by molar-refractivity contribution is 0.276. The van der Waals surface area contributed by atoms with Gasteiger partial charge in [0.2, 0.25) is 0 Å². The zero-order valence-electron chi connectivity index (χ0n) is 11.1. The van der Waals surface area contributed by atoms with E-state index >= 15 is 0 Å². The Labute approximate surface area is 105 Å². The normalized spacial score (nSPS) is 13.8. The fourth-order valence-electron chi connectivity index (χ4n) is 2.51. The van der Waals surface area contributed by atoms with Gasteiger partial charge in [-0.1, -0.05) is 38.5 Å². The van der Waals surface area contributed by atoms with Gasteiger partial charge in [0.15, 0.2) is 0 Å². The number of nitrogens with one attached hydrogen (secondary N) is 1. The average Bonchev–Trinajstić information content (AvgIpc) is 2.83. The summed E-state index contributed by atoms with van der Waals surface area (Å²) in [6.45, 7) is 9.07. The molecule has 2 rings (SSSR count). The Bertz CT molecular complexity index is 360. The molecule has 2 heteroatoms. The minimum Gasteiger partial charge on any atom is -0.384 e. The summed E-state index contributed by atoms with van der Waals surface area (Å²) >= 11 is 0. The van der Waals surface area contributed by atoms with Crippen molar-refractivity contribution in [1.29, 1.82) is 0 Å². The van der Waals surface area contributed by atoms with Crippen molar-refractivity contribution in [2.45, 2.75) is 39.7 Å². The second kappa shape index (κ2) is 6.06. The maximum absolute atomic E-state index is 3.53. The third-order valence-electron chi connectivity index (χ3n) is 3.60. The lowest BCUT2D eigenvalue weighted by atomic mass is 10.1. The maximum atomic E-state index is 3.53. The molecule has 0 spiro atoms. The third-order valence-corrected chi connectivity index (χ3v) is 3.60. The van der Waals surface area contributed by atoms with Gasteiger partial charge < -0.3 is 5.32 Å². The molecule has 0 atom stereocenters. The molecule has 0 bridgehead atoms. The van der Waals surface area contributed by atoms with Crippen molar-refractivity contribution in [2.75, 3.05) is 25.0 Å². The molecule has 1 heterocycles. The molecule has 0 amide bonds.